The molecule has 1 N–H and O–H groups in total. The van der Waals surface area contributed by atoms with E-state index in [1.54, 1.807) is 11.7 Å². The van der Waals surface area contributed by atoms with Crippen LogP contribution in [0.5, 0.6) is 0 Å². The van der Waals surface area contributed by atoms with Gasteiger partial charge in [0.2, 0.25) is 0 Å². The molecule has 0 unspecified atom stereocenters. The van der Waals surface area contributed by atoms with Crippen molar-refractivity contribution >= 4 is 12.0 Å². The van der Waals surface area contributed by atoms with E-state index in [0.717, 1.165) is 43.4 Å². The third kappa shape index (κ3) is 3.64. The Morgan fingerprint density at radius 2 is 2.27 bits per heavy atom. The molecule has 1 aliphatic rings. The Balaban J connectivity index is 2.48. The number of pyridine rings is 1. The zero-order chi connectivity index (χ0) is 16.1. The monoisotopic (exact) mass is 306 g/mol. The highest BCUT2D eigenvalue weighted by Crippen LogP contribution is 2.19. The van der Waals surface area contributed by atoms with Gasteiger partial charge in [-0.05, 0) is 24.3 Å². The number of aliphatic carboxylic acids is 1. The smallest absolute Gasteiger partial charge is 0.328 e. The summed E-state index contributed by atoms with van der Waals surface area (Å²) in [5.74, 6) is -1.06. The average molecular weight is 306 g/mol. The van der Waals surface area contributed by atoms with Crippen molar-refractivity contribution in [3.8, 4) is 0 Å². The third-order valence-electron chi connectivity index (χ3n) is 3.95. The van der Waals surface area contributed by atoms with Crippen molar-refractivity contribution < 1.29 is 14.6 Å². The third-order valence-corrected chi connectivity index (χ3v) is 3.95. The van der Waals surface area contributed by atoms with Gasteiger partial charge in [0, 0.05) is 50.5 Å². The summed E-state index contributed by atoms with van der Waals surface area (Å²) in [6, 6.07) is 1.82. The van der Waals surface area contributed by atoms with Crippen molar-refractivity contribution in [1.29, 1.82) is 0 Å². The SMILES string of the molecule is CCN1CCc2c(cc(/C=C/C(=O)O)c(=O)n2CCOC)C1. The maximum absolute atomic E-state index is 12.6. The molecule has 22 heavy (non-hydrogen) atoms. The van der Waals surface area contributed by atoms with Gasteiger partial charge in [-0.1, -0.05) is 6.92 Å². The highest BCUT2D eigenvalue weighted by atomic mass is 16.5. The van der Waals surface area contributed by atoms with E-state index in [2.05, 4.69) is 11.8 Å². The number of methoxy groups -OCH3 is 1. The van der Waals surface area contributed by atoms with Crippen molar-refractivity contribution in [3.05, 3.63) is 39.3 Å². The zero-order valence-corrected chi connectivity index (χ0v) is 13.0. The number of aromatic nitrogens is 1. The molecule has 0 aliphatic carbocycles. The van der Waals surface area contributed by atoms with E-state index >= 15 is 0 Å². The second kappa shape index (κ2) is 7.38. The summed E-state index contributed by atoms with van der Waals surface area (Å²) in [6.45, 7) is 5.72. The van der Waals surface area contributed by atoms with Crippen LogP contribution in [0.4, 0.5) is 0 Å². The summed E-state index contributed by atoms with van der Waals surface area (Å²) in [7, 11) is 1.60. The fraction of sp³-hybridized carbons (Fsp3) is 0.500. The summed E-state index contributed by atoms with van der Waals surface area (Å²) >= 11 is 0. The molecule has 0 saturated carbocycles. The van der Waals surface area contributed by atoms with Gasteiger partial charge in [0.25, 0.3) is 5.56 Å². The predicted octanol–water partition coefficient (Wildman–Crippen LogP) is 0.970. The lowest BCUT2D eigenvalue weighted by Gasteiger charge is -2.30. The summed E-state index contributed by atoms with van der Waals surface area (Å²) in [5, 5.41) is 8.77. The summed E-state index contributed by atoms with van der Waals surface area (Å²) in [5.41, 5.74) is 2.39. The van der Waals surface area contributed by atoms with Crippen LogP contribution in [0.2, 0.25) is 0 Å². The standard InChI is InChI=1S/C16H22N2O4/c1-3-17-7-6-14-13(11-17)10-12(4-5-15(19)20)16(21)18(14)8-9-22-2/h4-5,10H,3,6-9,11H2,1-2H3,(H,19,20)/b5-4+. The quantitative estimate of drug-likeness (QED) is 0.793. The first-order valence-corrected chi connectivity index (χ1v) is 7.44. The van der Waals surface area contributed by atoms with Crippen LogP contribution in [-0.2, 0) is 29.0 Å². The van der Waals surface area contributed by atoms with Gasteiger partial charge in [-0.2, -0.15) is 0 Å². The van der Waals surface area contributed by atoms with Crippen molar-refractivity contribution in [3.63, 3.8) is 0 Å². The van der Waals surface area contributed by atoms with Gasteiger partial charge in [0.1, 0.15) is 0 Å². The summed E-state index contributed by atoms with van der Waals surface area (Å²) in [4.78, 5) is 25.6. The zero-order valence-electron chi connectivity index (χ0n) is 13.0. The molecule has 0 radical (unpaired) electrons. The van der Waals surface area contributed by atoms with Gasteiger partial charge in [-0.3, -0.25) is 9.69 Å². The lowest BCUT2D eigenvalue weighted by molar-refractivity contribution is -0.131. The van der Waals surface area contributed by atoms with Gasteiger partial charge in [-0.25, -0.2) is 4.79 Å². The van der Waals surface area contributed by atoms with Crippen LogP contribution in [-0.4, -0.2) is 47.3 Å². The molecular weight excluding hydrogens is 284 g/mol. The van der Waals surface area contributed by atoms with Gasteiger partial charge in [-0.15, -0.1) is 0 Å². The minimum Gasteiger partial charge on any atom is -0.478 e. The number of rotatable bonds is 6. The molecule has 6 heteroatoms. The van der Waals surface area contributed by atoms with Crippen LogP contribution in [0.25, 0.3) is 6.08 Å². The van der Waals surface area contributed by atoms with E-state index in [-0.39, 0.29) is 5.56 Å². The minimum absolute atomic E-state index is 0.154. The number of ether oxygens (including phenoxy) is 1. The molecule has 0 bridgehead atoms. The molecular formula is C16H22N2O4. The summed E-state index contributed by atoms with van der Waals surface area (Å²) in [6.07, 6.45) is 3.20. The van der Waals surface area contributed by atoms with Crippen LogP contribution in [0, 0.1) is 0 Å². The van der Waals surface area contributed by atoms with E-state index in [0.29, 0.717) is 18.7 Å². The van der Waals surface area contributed by atoms with E-state index in [9.17, 15) is 9.59 Å². The second-order valence-corrected chi connectivity index (χ2v) is 5.31. The first-order chi connectivity index (χ1) is 10.6. The van der Waals surface area contributed by atoms with Gasteiger partial charge in [0.05, 0.1) is 6.61 Å². The summed E-state index contributed by atoms with van der Waals surface area (Å²) < 4.78 is 6.82. The van der Waals surface area contributed by atoms with Crippen LogP contribution >= 0.6 is 0 Å². The Bertz CT molecular complexity index is 634. The van der Waals surface area contributed by atoms with Crippen molar-refractivity contribution in [2.45, 2.75) is 26.4 Å². The molecule has 0 spiro atoms. The average Bonchev–Trinajstić information content (AvgIpc) is 2.51. The van der Waals surface area contributed by atoms with Crippen molar-refractivity contribution in [1.82, 2.24) is 9.47 Å². The predicted molar refractivity (Wildman–Crippen MR) is 83.9 cm³/mol. The molecule has 2 rings (SSSR count). The Morgan fingerprint density at radius 3 is 2.91 bits per heavy atom. The molecule has 1 aromatic heterocycles. The number of carboxylic acids is 1. The van der Waals surface area contributed by atoms with E-state index in [1.807, 2.05) is 6.07 Å². The molecule has 0 amide bonds. The number of hydrogen-bond acceptors (Lipinski definition) is 4. The molecule has 1 aromatic rings. The molecule has 0 aromatic carbocycles. The molecule has 0 saturated heterocycles. The Kier molecular flexibility index (Phi) is 5.51. The van der Waals surface area contributed by atoms with Crippen LogP contribution in [0.15, 0.2) is 16.9 Å². The fourth-order valence-electron chi connectivity index (χ4n) is 2.77. The number of carbonyl (C=O) groups is 1. The number of likely N-dealkylation sites (N-methyl/N-ethyl adjacent to an activating group) is 1. The highest BCUT2D eigenvalue weighted by Gasteiger charge is 2.20. The maximum atomic E-state index is 12.6. The van der Waals surface area contributed by atoms with E-state index < -0.39 is 5.97 Å². The molecule has 0 atom stereocenters. The molecule has 120 valence electrons. The molecule has 0 fully saturated rings. The highest BCUT2D eigenvalue weighted by molar-refractivity contribution is 5.85. The first kappa shape index (κ1) is 16.5. The Labute approximate surface area is 129 Å². The minimum atomic E-state index is -1.06. The lowest BCUT2D eigenvalue weighted by Crippen LogP contribution is -2.37. The maximum Gasteiger partial charge on any atom is 0.328 e. The van der Waals surface area contributed by atoms with Gasteiger partial charge < -0.3 is 14.4 Å². The van der Waals surface area contributed by atoms with E-state index in [1.165, 1.54) is 6.08 Å². The van der Waals surface area contributed by atoms with Crippen LogP contribution in [0.1, 0.15) is 23.7 Å². The van der Waals surface area contributed by atoms with Crippen LogP contribution in [0.3, 0.4) is 0 Å². The number of carboxylic acid groups (broad SMARTS) is 1. The Morgan fingerprint density at radius 1 is 1.50 bits per heavy atom. The fourth-order valence-corrected chi connectivity index (χ4v) is 2.77. The van der Waals surface area contributed by atoms with Gasteiger partial charge in [0.15, 0.2) is 0 Å². The molecule has 6 nitrogen and oxygen atoms in total. The van der Waals surface area contributed by atoms with E-state index in [4.69, 9.17) is 9.84 Å². The van der Waals surface area contributed by atoms with Crippen molar-refractivity contribution in [2.24, 2.45) is 0 Å². The number of hydrogen-bond donors (Lipinski definition) is 1. The largest absolute Gasteiger partial charge is 0.478 e. The number of nitrogens with zero attached hydrogens (tertiary/aromatic N) is 2. The van der Waals surface area contributed by atoms with Crippen molar-refractivity contribution in [2.75, 3.05) is 26.8 Å². The molecule has 1 aliphatic heterocycles. The normalized spacial score (nSPS) is 15.2. The first-order valence-electron chi connectivity index (χ1n) is 7.44. The topological polar surface area (TPSA) is 71.8 Å². The number of fused-ring (bicyclic) bond motifs is 1. The van der Waals surface area contributed by atoms with Gasteiger partial charge >= 0.3 is 5.97 Å². The second-order valence-electron chi connectivity index (χ2n) is 5.31. The lowest BCUT2D eigenvalue weighted by atomic mass is 10.0. The molecule has 2 heterocycles. The van der Waals surface area contributed by atoms with Crippen LogP contribution < -0.4 is 5.56 Å². The Hall–Kier alpha value is -1.92.